The fraction of sp³-hybridized carbons (Fsp3) is 0.923. The maximum absolute atomic E-state index is 11.2. The van der Waals surface area contributed by atoms with Crippen molar-refractivity contribution >= 4 is 5.97 Å². The molecule has 4 nitrogen and oxygen atoms in total. The van der Waals surface area contributed by atoms with Gasteiger partial charge in [0.2, 0.25) is 0 Å². The molecule has 0 saturated carbocycles. The summed E-state index contributed by atoms with van der Waals surface area (Å²) >= 11 is 0. The molecule has 0 spiro atoms. The van der Waals surface area contributed by atoms with E-state index in [0.29, 0.717) is 12.3 Å². The van der Waals surface area contributed by atoms with Gasteiger partial charge in [-0.3, -0.25) is 4.79 Å². The Hall–Kier alpha value is -0.610. The molecule has 1 aliphatic rings. The van der Waals surface area contributed by atoms with Crippen LogP contribution in [0.3, 0.4) is 0 Å². The number of likely N-dealkylation sites (tertiary alicyclic amines) is 1. The topological polar surface area (TPSA) is 52.6 Å². The van der Waals surface area contributed by atoms with Gasteiger partial charge in [-0.1, -0.05) is 13.8 Å². The van der Waals surface area contributed by atoms with Crippen molar-refractivity contribution in [1.29, 1.82) is 0 Å². The van der Waals surface area contributed by atoms with Gasteiger partial charge in [0.1, 0.15) is 5.54 Å². The Morgan fingerprint density at radius 1 is 1.41 bits per heavy atom. The average Bonchev–Trinajstić information content (AvgIpc) is 2.36. The van der Waals surface area contributed by atoms with Crippen molar-refractivity contribution < 1.29 is 9.90 Å². The zero-order chi connectivity index (χ0) is 12.9. The largest absolute Gasteiger partial charge is 0.480 e. The van der Waals surface area contributed by atoms with Crippen LogP contribution in [0.5, 0.6) is 0 Å². The van der Waals surface area contributed by atoms with Gasteiger partial charge in [-0.2, -0.15) is 0 Å². The average molecular weight is 242 g/mol. The van der Waals surface area contributed by atoms with Gasteiger partial charge in [0.25, 0.3) is 0 Å². The van der Waals surface area contributed by atoms with Crippen LogP contribution in [0.4, 0.5) is 0 Å². The molecule has 1 heterocycles. The quantitative estimate of drug-likeness (QED) is 0.742. The van der Waals surface area contributed by atoms with Gasteiger partial charge in [-0.25, -0.2) is 0 Å². The molecule has 1 aliphatic heterocycles. The van der Waals surface area contributed by atoms with Crippen molar-refractivity contribution in [2.24, 2.45) is 5.92 Å². The van der Waals surface area contributed by atoms with E-state index in [1.807, 2.05) is 6.92 Å². The molecule has 1 rings (SSSR count). The van der Waals surface area contributed by atoms with E-state index in [1.54, 1.807) is 6.92 Å². The van der Waals surface area contributed by atoms with Crippen LogP contribution in [0, 0.1) is 5.92 Å². The van der Waals surface area contributed by atoms with Crippen molar-refractivity contribution in [3.63, 3.8) is 0 Å². The van der Waals surface area contributed by atoms with E-state index in [2.05, 4.69) is 17.1 Å². The second kappa shape index (κ2) is 6.36. The van der Waals surface area contributed by atoms with E-state index >= 15 is 0 Å². The van der Waals surface area contributed by atoms with E-state index in [0.717, 1.165) is 26.2 Å². The molecule has 0 radical (unpaired) electrons. The number of aliphatic carboxylic acids is 1. The molecule has 2 N–H and O–H groups in total. The molecule has 100 valence electrons. The maximum atomic E-state index is 11.2. The standard InChI is InChI=1S/C13H26N2O2/c1-4-13(3,12(16)17)14-10-11-6-8-15(5-2)9-7-11/h11,14H,4-10H2,1-3H3,(H,16,17). The maximum Gasteiger partial charge on any atom is 0.323 e. The van der Waals surface area contributed by atoms with Crippen LogP contribution in [0.1, 0.15) is 40.0 Å². The number of hydrogen-bond acceptors (Lipinski definition) is 3. The van der Waals surface area contributed by atoms with E-state index in [9.17, 15) is 9.90 Å². The minimum Gasteiger partial charge on any atom is -0.480 e. The SMILES string of the molecule is CCN1CCC(CNC(C)(CC)C(=O)O)CC1. The summed E-state index contributed by atoms with van der Waals surface area (Å²) < 4.78 is 0. The Morgan fingerprint density at radius 3 is 2.41 bits per heavy atom. The molecule has 1 saturated heterocycles. The molecule has 0 aromatic carbocycles. The fourth-order valence-electron chi connectivity index (χ4n) is 2.23. The number of rotatable bonds is 6. The van der Waals surface area contributed by atoms with Crippen molar-refractivity contribution in [1.82, 2.24) is 10.2 Å². The first-order chi connectivity index (χ1) is 8.01. The number of hydrogen-bond donors (Lipinski definition) is 2. The molecule has 4 heteroatoms. The smallest absolute Gasteiger partial charge is 0.323 e. The third kappa shape index (κ3) is 3.96. The number of carboxylic acids is 1. The van der Waals surface area contributed by atoms with E-state index < -0.39 is 11.5 Å². The molecular formula is C13H26N2O2. The summed E-state index contributed by atoms with van der Waals surface area (Å²) in [5.41, 5.74) is -0.762. The Balaban J connectivity index is 2.34. The van der Waals surface area contributed by atoms with Gasteiger partial charge in [-0.05, 0) is 58.3 Å². The van der Waals surface area contributed by atoms with Crippen molar-refractivity contribution in [2.45, 2.75) is 45.6 Å². The number of piperidine rings is 1. The van der Waals surface area contributed by atoms with Gasteiger partial charge in [-0.15, -0.1) is 0 Å². The van der Waals surface area contributed by atoms with Crippen LogP contribution in [0.15, 0.2) is 0 Å². The van der Waals surface area contributed by atoms with Gasteiger partial charge in [0.15, 0.2) is 0 Å². The lowest BCUT2D eigenvalue weighted by Gasteiger charge is -2.33. The highest BCUT2D eigenvalue weighted by molar-refractivity contribution is 5.78. The van der Waals surface area contributed by atoms with Crippen molar-refractivity contribution in [2.75, 3.05) is 26.2 Å². The Kier molecular flexibility index (Phi) is 5.40. The first-order valence-corrected chi connectivity index (χ1v) is 6.72. The van der Waals surface area contributed by atoms with Crippen LogP contribution in [0.2, 0.25) is 0 Å². The lowest BCUT2D eigenvalue weighted by atomic mass is 9.93. The van der Waals surface area contributed by atoms with Crippen molar-refractivity contribution in [3.8, 4) is 0 Å². The summed E-state index contributed by atoms with van der Waals surface area (Å²) in [5.74, 6) is -0.117. The lowest BCUT2D eigenvalue weighted by Crippen LogP contribution is -2.51. The number of carbonyl (C=O) groups is 1. The number of nitrogens with one attached hydrogen (secondary N) is 1. The summed E-state index contributed by atoms with van der Waals surface area (Å²) in [7, 11) is 0. The zero-order valence-corrected chi connectivity index (χ0v) is 11.3. The molecule has 1 fully saturated rings. The Bertz CT molecular complexity index is 250. The van der Waals surface area contributed by atoms with E-state index in [1.165, 1.54) is 12.8 Å². The minimum absolute atomic E-state index is 0.621. The van der Waals surface area contributed by atoms with Gasteiger partial charge < -0.3 is 15.3 Å². The predicted molar refractivity (Wildman–Crippen MR) is 69.2 cm³/mol. The second-order valence-electron chi connectivity index (χ2n) is 5.25. The highest BCUT2D eigenvalue weighted by Gasteiger charge is 2.31. The summed E-state index contributed by atoms with van der Waals surface area (Å²) in [5, 5.41) is 12.4. The summed E-state index contributed by atoms with van der Waals surface area (Å²) in [4.78, 5) is 13.6. The molecular weight excluding hydrogens is 216 g/mol. The highest BCUT2D eigenvalue weighted by atomic mass is 16.4. The number of carboxylic acid groups (broad SMARTS) is 1. The molecule has 0 amide bonds. The number of nitrogens with zero attached hydrogens (tertiary/aromatic N) is 1. The Morgan fingerprint density at radius 2 is 2.00 bits per heavy atom. The van der Waals surface area contributed by atoms with Crippen LogP contribution in [-0.4, -0.2) is 47.7 Å². The summed E-state index contributed by atoms with van der Waals surface area (Å²) in [6, 6.07) is 0. The predicted octanol–water partition coefficient (Wildman–Crippen LogP) is 1.56. The molecule has 0 aromatic rings. The summed E-state index contributed by atoms with van der Waals surface area (Å²) in [6.45, 7) is 10.1. The monoisotopic (exact) mass is 242 g/mol. The third-order valence-corrected chi connectivity index (χ3v) is 4.11. The molecule has 0 aliphatic carbocycles. The first-order valence-electron chi connectivity index (χ1n) is 6.72. The van der Waals surface area contributed by atoms with Crippen molar-refractivity contribution in [3.05, 3.63) is 0 Å². The minimum atomic E-state index is -0.762. The Labute approximate surface area is 104 Å². The third-order valence-electron chi connectivity index (χ3n) is 4.11. The fourth-order valence-corrected chi connectivity index (χ4v) is 2.23. The second-order valence-corrected chi connectivity index (χ2v) is 5.25. The van der Waals surface area contributed by atoms with Crippen LogP contribution >= 0.6 is 0 Å². The molecule has 1 unspecified atom stereocenters. The highest BCUT2D eigenvalue weighted by Crippen LogP contribution is 2.18. The summed E-state index contributed by atoms with van der Waals surface area (Å²) in [6.07, 6.45) is 2.98. The molecule has 17 heavy (non-hydrogen) atoms. The normalized spacial score (nSPS) is 22.3. The lowest BCUT2D eigenvalue weighted by molar-refractivity contribution is -0.144. The van der Waals surface area contributed by atoms with Gasteiger partial charge in [0, 0.05) is 0 Å². The van der Waals surface area contributed by atoms with Gasteiger partial charge in [0.05, 0.1) is 0 Å². The van der Waals surface area contributed by atoms with E-state index in [-0.39, 0.29) is 0 Å². The zero-order valence-electron chi connectivity index (χ0n) is 11.3. The molecule has 0 bridgehead atoms. The van der Waals surface area contributed by atoms with Crippen LogP contribution in [0.25, 0.3) is 0 Å². The molecule has 1 atom stereocenters. The molecule has 0 aromatic heterocycles. The van der Waals surface area contributed by atoms with Crippen LogP contribution in [-0.2, 0) is 4.79 Å². The van der Waals surface area contributed by atoms with Crippen LogP contribution < -0.4 is 5.32 Å². The first kappa shape index (κ1) is 14.5. The van der Waals surface area contributed by atoms with Gasteiger partial charge >= 0.3 is 5.97 Å². The van der Waals surface area contributed by atoms with E-state index in [4.69, 9.17) is 0 Å².